The molecule has 4 aromatic rings. The van der Waals surface area contributed by atoms with E-state index in [9.17, 15) is 9.18 Å². The third-order valence-corrected chi connectivity index (χ3v) is 4.78. The SMILES string of the molecule is CC(=N)C(C=N)c1cnc2nc(-c3cc(NC(=O)c4oc(C)nc4C)ccc3F)nn2c1. The Morgan fingerprint density at radius 1 is 1.31 bits per heavy atom. The molecule has 3 aromatic heterocycles. The number of aromatic nitrogens is 5. The zero-order chi connectivity index (χ0) is 23.0. The van der Waals surface area contributed by atoms with Gasteiger partial charge in [-0.25, -0.2) is 18.9 Å². The number of aryl methyl sites for hydroxylation is 2. The minimum absolute atomic E-state index is 0.0761. The normalized spacial score (nSPS) is 12.0. The van der Waals surface area contributed by atoms with Crippen molar-refractivity contribution in [3.63, 3.8) is 0 Å². The maximum absolute atomic E-state index is 14.6. The molecule has 0 aliphatic heterocycles. The van der Waals surface area contributed by atoms with E-state index in [1.54, 1.807) is 27.0 Å². The fourth-order valence-corrected chi connectivity index (χ4v) is 3.25. The number of amides is 1. The predicted molar refractivity (Wildman–Crippen MR) is 115 cm³/mol. The minimum Gasteiger partial charge on any atom is -0.436 e. The van der Waals surface area contributed by atoms with Gasteiger partial charge < -0.3 is 20.6 Å². The van der Waals surface area contributed by atoms with Gasteiger partial charge in [0, 0.05) is 42.5 Å². The van der Waals surface area contributed by atoms with Gasteiger partial charge in [0.15, 0.2) is 11.7 Å². The molecule has 0 saturated carbocycles. The Labute approximate surface area is 181 Å². The Kier molecular flexibility index (Phi) is 5.31. The Morgan fingerprint density at radius 2 is 2.09 bits per heavy atom. The van der Waals surface area contributed by atoms with Gasteiger partial charge >= 0.3 is 0 Å². The highest BCUT2D eigenvalue weighted by atomic mass is 19.1. The van der Waals surface area contributed by atoms with Crippen LogP contribution in [0.3, 0.4) is 0 Å². The lowest BCUT2D eigenvalue weighted by atomic mass is 9.99. The molecule has 0 aliphatic rings. The monoisotopic (exact) mass is 434 g/mol. The van der Waals surface area contributed by atoms with Crippen LogP contribution in [0, 0.1) is 30.5 Å². The molecule has 1 atom stereocenters. The summed E-state index contributed by atoms with van der Waals surface area (Å²) in [6.07, 6.45) is 4.26. The summed E-state index contributed by atoms with van der Waals surface area (Å²) in [5, 5.41) is 22.3. The average molecular weight is 434 g/mol. The second-order valence-corrected chi connectivity index (χ2v) is 7.19. The van der Waals surface area contributed by atoms with Crippen molar-refractivity contribution in [2.24, 2.45) is 0 Å². The Hall–Kier alpha value is -4.28. The average Bonchev–Trinajstić information content (AvgIpc) is 3.31. The van der Waals surface area contributed by atoms with E-state index in [1.807, 2.05) is 0 Å². The maximum Gasteiger partial charge on any atom is 0.293 e. The molecule has 162 valence electrons. The Morgan fingerprint density at radius 3 is 2.75 bits per heavy atom. The first-order chi connectivity index (χ1) is 15.3. The topological polar surface area (TPSA) is 146 Å². The number of carbonyl (C=O) groups excluding carboxylic acids is 1. The van der Waals surface area contributed by atoms with E-state index in [4.69, 9.17) is 15.2 Å². The Bertz CT molecular complexity index is 1370. The number of nitrogens with zero attached hydrogens (tertiary/aromatic N) is 5. The van der Waals surface area contributed by atoms with Crippen LogP contribution < -0.4 is 5.32 Å². The van der Waals surface area contributed by atoms with Crippen LogP contribution in [0.1, 0.15) is 40.5 Å². The van der Waals surface area contributed by atoms with E-state index in [0.29, 0.717) is 22.8 Å². The van der Waals surface area contributed by atoms with Gasteiger partial charge in [0.25, 0.3) is 11.7 Å². The number of rotatable bonds is 6. The second kappa shape index (κ2) is 8.10. The van der Waals surface area contributed by atoms with E-state index in [-0.39, 0.29) is 28.6 Å². The summed E-state index contributed by atoms with van der Waals surface area (Å²) in [5.41, 5.74) is 1.74. The molecular formula is C21H19FN8O2. The van der Waals surface area contributed by atoms with Crippen molar-refractivity contribution in [1.29, 1.82) is 10.8 Å². The summed E-state index contributed by atoms with van der Waals surface area (Å²) < 4.78 is 21.3. The number of hydrogen-bond donors (Lipinski definition) is 3. The second-order valence-electron chi connectivity index (χ2n) is 7.19. The molecular weight excluding hydrogens is 415 g/mol. The van der Waals surface area contributed by atoms with Gasteiger partial charge in [-0.15, -0.1) is 5.10 Å². The third-order valence-electron chi connectivity index (χ3n) is 4.78. The molecule has 32 heavy (non-hydrogen) atoms. The summed E-state index contributed by atoms with van der Waals surface area (Å²) in [4.78, 5) is 25.0. The van der Waals surface area contributed by atoms with Gasteiger partial charge in [0.2, 0.25) is 5.76 Å². The minimum atomic E-state index is -0.571. The molecule has 0 fully saturated rings. The molecule has 3 N–H and O–H groups in total. The number of halogens is 1. The van der Waals surface area contributed by atoms with Crippen LogP contribution in [0.4, 0.5) is 10.1 Å². The lowest BCUT2D eigenvalue weighted by molar-refractivity contribution is 0.0994. The van der Waals surface area contributed by atoms with Crippen molar-refractivity contribution >= 4 is 29.3 Å². The number of oxazole rings is 1. The Balaban J connectivity index is 1.67. The molecule has 10 nitrogen and oxygen atoms in total. The zero-order valence-electron chi connectivity index (χ0n) is 17.5. The van der Waals surface area contributed by atoms with Crippen LogP contribution in [-0.2, 0) is 0 Å². The first kappa shape index (κ1) is 21.0. The highest BCUT2D eigenvalue weighted by Gasteiger charge is 2.19. The molecule has 11 heteroatoms. The lowest BCUT2D eigenvalue weighted by Gasteiger charge is -2.09. The predicted octanol–water partition coefficient (Wildman–Crippen LogP) is 3.56. The number of hydrogen-bond acceptors (Lipinski definition) is 8. The van der Waals surface area contributed by atoms with Crippen LogP contribution in [0.2, 0.25) is 0 Å². The van der Waals surface area contributed by atoms with Crippen LogP contribution in [0.25, 0.3) is 17.2 Å². The maximum atomic E-state index is 14.6. The number of fused-ring (bicyclic) bond motifs is 1. The summed E-state index contributed by atoms with van der Waals surface area (Å²) in [5.74, 6) is -0.842. The van der Waals surface area contributed by atoms with Crippen molar-refractivity contribution in [2.45, 2.75) is 26.7 Å². The summed E-state index contributed by atoms with van der Waals surface area (Å²) in [6, 6.07) is 4.05. The molecule has 0 spiro atoms. The van der Waals surface area contributed by atoms with E-state index in [0.717, 1.165) is 6.21 Å². The van der Waals surface area contributed by atoms with Crippen LogP contribution in [0.5, 0.6) is 0 Å². The molecule has 1 aromatic carbocycles. The van der Waals surface area contributed by atoms with Crippen molar-refractivity contribution in [1.82, 2.24) is 24.6 Å². The molecule has 0 bridgehead atoms. The van der Waals surface area contributed by atoms with Crippen molar-refractivity contribution < 1.29 is 13.6 Å². The summed E-state index contributed by atoms with van der Waals surface area (Å²) in [7, 11) is 0. The lowest BCUT2D eigenvalue weighted by Crippen LogP contribution is -2.12. The van der Waals surface area contributed by atoms with Gasteiger partial charge in [-0.2, -0.15) is 4.98 Å². The molecule has 0 saturated heterocycles. The van der Waals surface area contributed by atoms with Gasteiger partial charge in [0.1, 0.15) is 5.82 Å². The standard InChI is InChI=1S/C21H19FN8O2/c1-10(24)16(7-23)13-8-25-21-28-19(29-30(21)9-13)15-6-14(4-5-17(15)22)27-20(31)18-11(2)26-12(3)32-18/h4-9,16,23-24H,1-3H3,(H,27,31). The van der Waals surface area contributed by atoms with Gasteiger partial charge in [-0.05, 0) is 32.0 Å². The highest BCUT2D eigenvalue weighted by molar-refractivity contribution is 6.03. The zero-order valence-corrected chi connectivity index (χ0v) is 17.5. The van der Waals surface area contributed by atoms with Crippen LogP contribution >= 0.6 is 0 Å². The molecule has 0 radical (unpaired) electrons. The van der Waals surface area contributed by atoms with Crippen molar-refractivity contribution in [2.75, 3.05) is 5.32 Å². The third kappa shape index (κ3) is 3.87. The van der Waals surface area contributed by atoms with E-state index >= 15 is 0 Å². The van der Waals surface area contributed by atoms with E-state index in [1.165, 1.54) is 28.9 Å². The van der Waals surface area contributed by atoms with Crippen LogP contribution in [-0.4, -0.2) is 42.4 Å². The molecule has 4 rings (SSSR count). The molecule has 3 heterocycles. The molecule has 0 aliphatic carbocycles. The number of anilines is 1. The first-order valence-corrected chi connectivity index (χ1v) is 9.60. The van der Waals surface area contributed by atoms with Gasteiger partial charge in [0.05, 0.1) is 17.2 Å². The fraction of sp³-hybridized carbons (Fsp3) is 0.190. The largest absolute Gasteiger partial charge is 0.436 e. The van der Waals surface area contributed by atoms with E-state index < -0.39 is 17.6 Å². The van der Waals surface area contributed by atoms with Crippen molar-refractivity contribution in [3.8, 4) is 11.4 Å². The first-order valence-electron chi connectivity index (χ1n) is 9.60. The fourth-order valence-electron chi connectivity index (χ4n) is 3.25. The van der Waals surface area contributed by atoms with Gasteiger partial charge in [-0.1, -0.05) is 0 Å². The number of carbonyl (C=O) groups is 1. The van der Waals surface area contributed by atoms with Crippen LogP contribution in [0.15, 0.2) is 35.0 Å². The quantitative estimate of drug-likeness (QED) is 0.396. The molecule has 1 amide bonds. The van der Waals surface area contributed by atoms with E-state index in [2.05, 4.69) is 25.4 Å². The summed E-state index contributed by atoms with van der Waals surface area (Å²) in [6.45, 7) is 4.90. The molecule has 1 unspecified atom stereocenters. The van der Waals surface area contributed by atoms with Gasteiger partial charge in [-0.3, -0.25) is 4.79 Å². The number of benzene rings is 1. The summed E-state index contributed by atoms with van der Waals surface area (Å²) >= 11 is 0. The van der Waals surface area contributed by atoms with Crippen molar-refractivity contribution in [3.05, 3.63) is 59.3 Å². The smallest absolute Gasteiger partial charge is 0.293 e. The highest BCUT2D eigenvalue weighted by Crippen LogP contribution is 2.25. The number of nitrogens with one attached hydrogen (secondary N) is 3.